The molecule has 2 unspecified atom stereocenters. The van der Waals surface area contributed by atoms with Crippen LogP contribution < -0.4 is 5.73 Å². The van der Waals surface area contributed by atoms with Gasteiger partial charge < -0.3 is 10.6 Å². The average Bonchev–Trinajstić information content (AvgIpc) is 2.83. The number of hydrogen-bond donors (Lipinski definition) is 1. The first kappa shape index (κ1) is 14.0. The molecule has 1 aromatic rings. The molecule has 100 valence electrons. The molecule has 1 aliphatic carbocycles. The zero-order valence-corrected chi connectivity index (χ0v) is 13.0. The molecule has 1 aromatic heterocycles. The number of carbonyl (C=O) groups excluding carboxylic acids is 1. The van der Waals surface area contributed by atoms with Gasteiger partial charge in [-0.2, -0.15) is 0 Å². The molecule has 1 fully saturated rings. The lowest BCUT2D eigenvalue weighted by Crippen LogP contribution is -2.45. The minimum absolute atomic E-state index is 0.121. The summed E-state index contributed by atoms with van der Waals surface area (Å²) in [7, 11) is 1.91. The van der Waals surface area contributed by atoms with Crippen molar-refractivity contribution >= 4 is 33.2 Å². The van der Waals surface area contributed by atoms with E-state index in [0.717, 1.165) is 21.5 Å². The Morgan fingerprint density at radius 2 is 2.22 bits per heavy atom. The van der Waals surface area contributed by atoms with Gasteiger partial charge in [0.05, 0.1) is 8.66 Å². The first-order valence-corrected chi connectivity index (χ1v) is 7.97. The molecule has 1 heterocycles. The average molecular weight is 331 g/mol. The summed E-state index contributed by atoms with van der Waals surface area (Å²) in [5.74, 6) is 0.576. The molecule has 0 bridgehead atoms. The second-order valence-corrected chi connectivity index (χ2v) is 7.33. The molecule has 2 atom stereocenters. The molecule has 1 amide bonds. The van der Waals surface area contributed by atoms with Crippen molar-refractivity contribution in [2.24, 2.45) is 11.7 Å². The smallest absolute Gasteiger partial charge is 0.263 e. The molecular weight excluding hydrogens is 312 g/mol. The van der Waals surface area contributed by atoms with Crippen LogP contribution in [0.5, 0.6) is 0 Å². The molecule has 1 saturated carbocycles. The summed E-state index contributed by atoms with van der Waals surface area (Å²) in [6.07, 6.45) is 4.67. The highest BCUT2D eigenvalue weighted by molar-refractivity contribution is 9.11. The maximum absolute atomic E-state index is 12.4. The number of hydrogen-bond acceptors (Lipinski definition) is 3. The fourth-order valence-corrected chi connectivity index (χ4v) is 4.10. The Hall–Kier alpha value is -0.390. The summed E-state index contributed by atoms with van der Waals surface area (Å²) < 4.78 is 0.998. The molecule has 0 radical (unpaired) electrons. The molecule has 0 aliphatic heterocycles. The van der Waals surface area contributed by atoms with Gasteiger partial charge >= 0.3 is 0 Å². The minimum atomic E-state index is 0.121. The summed E-state index contributed by atoms with van der Waals surface area (Å²) in [6.45, 7) is 0.677. The van der Waals surface area contributed by atoms with E-state index in [4.69, 9.17) is 5.73 Å². The van der Waals surface area contributed by atoms with Crippen molar-refractivity contribution in [3.8, 4) is 0 Å². The standard InChI is InChI=1S/C13H19BrN2OS/c1-16(10-5-3-2-4-9(10)8-15)13(17)11-6-7-12(14)18-11/h6-7,9-10H,2-5,8,15H2,1H3. The fraction of sp³-hybridized carbons (Fsp3) is 0.615. The van der Waals surface area contributed by atoms with Crippen LogP contribution in [0.4, 0.5) is 0 Å². The number of carbonyl (C=O) groups is 1. The van der Waals surface area contributed by atoms with Crippen LogP contribution in [0.15, 0.2) is 15.9 Å². The molecule has 18 heavy (non-hydrogen) atoms. The van der Waals surface area contributed by atoms with Crippen molar-refractivity contribution in [2.45, 2.75) is 31.7 Å². The third-order valence-electron chi connectivity index (χ3n) is 3.77. The number of rotatable bonds is 3. The van der Waals surface area contributed by atoms with E-state index in [9.17, 15) is 4.79 Å². The predicted octanol–water partition coefficient (Wildman–Crippen LogP) is 3.10. The Morgan fingerprint density at radius 3 is 2.83 bits per heavy atom. The van der Waals surface area contributed by atoms with Crippen molar-refractivity contribution in [1.29, 1.82) is 0 Å². The van der Waals surface area contributed by atoms with Gasteiger partial charge in [0.2, 0.25) is 0 Å². The normalized spacial score (nSPS) is 23.9. The number of halogens is 1. The van der Waals surface area contributed by atoms with Crippen LogP contribution in [0.25, 0.3) is 0 Å². The quantitative estimate of drug-likeness (QED) is 0.925. The lowest BCUT2D eigenvalue weighted by Gasteiger charge is -2.37. The Morgan fingerprint density at radius 1 is 1.50 bits per heavy atom. The Labute approximate surface area is 120 Å². The van der Waals surface area contributed by atoms with Gasteiger partial charge in [-0.1, -0.05) is 12.8 Å². The van der Waals surface area contributed by atoms with E-state index < -0.39 is 0 Å². The summed E-state index contributed by atoms with van der Waals surface area (Å²) >= 11 is 4.89. The zero-order valence-electron chi connectivity index (χ0n) is 10.6. The Kier molecular flexibility index (Phi) is 4.81. The summed E-state index contributed by atoms with van der Waals surface area (Å²) in [5.41, 5.74) is 5.83. The van der Waals surface area contributed by atoms with Crippen LogP contribution in [0.3, 0.4) is 0 Å². The van der Waals surface area contributed by atoms with Gasteiger partial charge in [-0.05, 0) is 53.4 Å². The van der Waals surface area contributed by atoms with E-state index in [1.807, 2.05) is 24.1 Å². The first-order chi connectivity index (χ1) is 8.63. The molecule has 5 heteroatoms. The van der Waals surface area contributed by atoms with E-state index in [1.165, 1.54) is 24.2 Å². The van der Waals surface area contributed by atoms with Crippen molar-refractivity contribution in [2.75, 3.05) is 13.6 Å². The first-order valence-electron chi connectivity index (χ1n) is 6.36. The monoisotopic (exact) mass is 330 g/mol. The SMILES string of the molecule is CN(C(=O)c1ccc(Br)s1)C1CCCCC1CN. The lowest BCUT2D eigenvalue weighted by molar-refractivity contribution is 0.0625. The maximum atomic E-state index is 12.4. The van der Waals surface area contributed by atoms with E-state index in [-0.39, 0.29) is 5.91 Å². The Balaban J connectivity index is 2.09. The number of thiophene rings is 1. The van der Waals surface area contributed by atoms with Crippen LogP contribution >= 0.6 is 27.3 Å². The molecular formula is C13H19BrN2OS. The van der Waals surface area contributed by atoms with E-state index in [0.29, 0.717) is 18.5 Å². The number of amides is 1. The van der Waals surface area contributed by atoms with Crippen molar-refractivity contribution < 1.29 is 4.79 Å². The predicted molar refractivity (Wildman–Crippen MR) is 78.9 cm³/mol. The summed E-state index contributed by atoms with van der Waals surface area (Å²) in [5, 5.41) is 0. The molecule has 0 aromatic carbocycles. The van der Waals surface area contributed by atoms with Crippen LogP contribution in [-0.4, -0.2) is 30.4 Å². The maximum Gasteiger partial charge on any atom is 0.263 e. The summed E-state index contributed by atoms with van der Waals surface area (Å²) in [6, 6.07) is 4.11. The third kappa shape index (κ3) is 2.95. The van der Waals surface area contributed by atoms with Gasteiger partial charge in [0, 0.05) is 13.1 Å². The lowest BCUT2D eigenvalue weighted by atomic mass is 9.83. The van der Waals surface area contributed by atoms with Crippen LogP contribution in [-0.2, 0) is 0 Å². The van der Waals surface area contributed by atoms with Crippen molar-refractivity contribution in [3.05, 3.63) is 20.8 Å². The van der Waals surface area contributed by atoms with Crippen LogP contribution in [0.2, 0.25) is 0 Å². The second kappa shape index (κ2) is 6.17. The van der Waals surface area contributed by atoms with Gasteiger partial charge in [0.15, 0.2) is 0 Å². The van der Waals surface area contributed by atoms with Crippen molar-refractivity contribution in [3.63, 3.8) is 0 Å². The number of nitrogens with two attached hydrogens (primary N) is 1. The van der Waals surface area contributed by atoms with Gasteiger partial charge in [0.1, 0.15) is 0 Å². The highest BCUT2D eigenvalue weighted by atomic mass is 79.9. The molecule has 3 nitrogen and oxygen atoms in total. The largest absolute Gasteiger partial charge is 0.338 e. The van der Waals surface area contributed by atoms with Gasteiger partial charge in [-0.25, -0.2) is 0 Å². The van der Waals surface area contributed by atoms with Crippen LogP contribution in [0.1, 0.15) is 35.4 Å². The van der Waals surface area contributed by atoms with E-state index in [2.05, 4.69) is 15.9 Å². The van der Waals surface area contributed by atoms with Gasteiger partial charge in [0.25, 0.3) is 5.91 Å². The highest BCUT2D eigenvalue weighted by Gasteiger charge is 2.30. The van der Waals surface area contributed by atoms with E-state index in [1.54, 1.807) is 0 Å². The molecule has 2 rings (SSSR count). The molecule has 1 aliphatic rings. The van der Waals surface area contributed by atoms with Gasteiger partial charge in [-0.3, -0.25) is 4.79 Å². The third-order valence-corrected chi connectivity index (χ3v) is 5.39. The van der Waals surface area contributed by atoms with E-state index >= 15 is 0 Å². The topological polar surface area (TPSA) is 46.3 Å². The molecule has 0 saturated heterocycles. The fourth-order valence-electron chi connectivity index (χ4n) is 2.73. The minimum Gasteiger partial charge on any atom is -0.338 e. The zero-order chi connectivity index (χ0) is 13.1. The molecule has 2 N–H and O–H groups in total. The van der Waals surface area contributed by atoms with Gasteiger partial charge in [-0.15, -0.1) is 11.3 Å². The molecule has 0 spiro atoms. The van der Waals surface area contributed by atoms with Crippen molar-refractivity contribution in [1.82, 2.24) is 4.90 Å². The highest BCUT2D eigenvalue weighted by Crippen LogP contribution is 2.29. The second-order valence-electron chi connectivity index (χ2n) is 4.87. The van der Waals surface area contributed by atoms with Crippen LogP contribution in [0, 0.1) is 5.92 Å². The summed E-state index contributed by atoms with van der Waals surface area (Å²) in [4.78, 5) is 15.1. The number of nitrogens with zero attached hydrogens (tertiary/aromatic N) is 1. The Bertz CT molecular complexity index is 421.